The smallest absolute Gasteiger partial charge is 0.408 e. The van der Waals surface area contributed by atoms with Gasteiger partial charge in [0.05, 0.1) is 6.04 Å². The second kappa shape index (κ2) is 13.8. The van der Waals surface area contributed by atoms with E-state index in [1.807, 2.05) is 13.8 Å². The minimum absolute atomic E-state index is 0.0459. The van der Waals surface area contributed by atoms with E-state index >= 15 is 0 Å². The monoisotopic (exact) mass is 531 g/mol. The third kappa shape index (κ3) is 10.4. The summed E-state index contributed by atoms with van der Waals surface area (Å²) in [4.78, 5) is 51.4. The molecular weight excluding hydrogens is 490 g/mol. The molecule has 10 heteroatoms. The van der Waals surface area contributed by atoms with E-state index in [0.29, 0.717) is 37.3 Å². The highest BCUT2D eigenvalue weighted by molar-refractivity contribution is 5.91. The Hall–Kier alpha value is -3.56. The molecule has 1 aliphatic heterocycles. The summed E-state index contributed by atoms with van der Waals surface area (Å²) in [7, 11) is 0. The average Bonchev–Trinajstić information content (AvgIpc) is 3.28. The molecule has 0 aliphatic carbocycles. The number of phenols is 1. The fourth-order valence-electron chi connectivity index (χ4n) is 4.28. The van der Waals surface area contributed by atoms with Crippen LogP contribution in [0.15, 0.2) is 36.4 Å². The van der Waals surface area contributed by atoms with E-state index in [2.05, 4.69) is 10.6 Å². The van der Waals surface area contributed by atoms with E-state index in [4.69, 9.17) is 4.74 Å². The van der Waals surface area contributed by atoms with Crippen molar-refractivity contribution >= 4 is 23.9 Å². The number of amides is 3. The van der Waals surface area contributed by atoms with Gasteiger partial charge >= 0.3 is 12.1 Å². The van der Waals surface area contributed by atoms with Gasteiger partial charge in [0.25, 0.3) is 0 Å². The first-order valence-electron chi connectivity index (χ1n) is 13.0. The number of ether oxygens (including phenoxy) is 1. The number of phenolic OH excluding ortho intramolecular Hbond substituents is 1. The van der Waals surface area contributed by atoms with Crippen LogP contribution in [0.1, 0.15) is 65.9 Å². The van der Waals surface area contributed by atoms with Crippen LogP contribution < -0.4 is 10.6 Å². The van der Waals surface area contributed by atoms with Gasteiger partial charge in [-0.3, -0.25) is 9.59 Å². The summed E-state index contributed by atoms with van der Waals surface area (Å²) < 4.78 is 5.33. The standard InChI is InChI=1S/C28H41N3O7/c1-18(2)16-20(29-27(37)38-28(3,4)5)8-6-10-24(33)31-15-7-9-23(31)25(34)30-22(26(35)36)17-19-11-13-21(32)14-12-19/h6,8,11-14,18,20,22-23,32H,7,9-10,15-17H2,1-5H3,(H,29,37)(H,30,34)(H,35,36)/b8-6+/t20-,22+,23+/m1/s1. The number of hydrogen-bond acceptors (Lipinski definition) is 6. The summed E-state index contributed by atoms with van der Waals surface area (Å²) in [5, 5.41) is 24.4. The molecule has 1 aromatic carbocycles. The Balaban J connectivity index is 1.98. The van der Waals surface area contributed by atoms with Crippen LogP contribution in [0.3, 0.4) is 0 Å². The van der Waals surface area contributed by atoms with E-state index in [0.717, 1.165) is 0 Å². The van der Waals surface area contributed by atoms with Gasteiger partial charge < -0.3 is 30.5 Å². The minimum Gasteiger partial charge on any atom is -0.508 e. The molecule has 0 saturated carbocycles. The number of hydrogen-bond donors (Lipinski definition) is 4. The molecule has 1 saturated heterocycles. The number of benzene rings is 1. The number of aromatic hydroxyl groups is 1. The molecule has 0 unspecified atom stereocenters. The van der Waals surface area contributed by atoms with E-state index in [1.54, 1.807) is 45.1 Å². The molecule has 3 amide bonds. The van der Waals surface area contributed by atoms with E-state index in [-0.39, 0.29) is 30.5 Å². The predicted molar refractivity (Wildman–Crippen MR) is 142 cm³/mol. The van der Waals surface area contributed by atoms with Gasteiger partial charge in [-0.05, 0) is 63.6 Å². The van der Waals surface area contributed by atoms with Crippen molar-refractivity contribution in [2.24, 2.45) is 5.92 Å². The SMILES string of the molecule is CC(C)C[C@@H](/C=C/CC(=O)N1CCC[C@H]1C(=O)N[C@@H](Cc1ccc(O)cc1)C(=O)O)NC(=O)OC(C)(C)C. The molecule has 1 aromatic rings. The van der Waals surface area contributed by atoms with Crippen LogP contribution >= 0.6 is 0 Å². The molecule has 210 valence electrons. The number of alkyl carbamates (subject to hydrolysis) is 1. The Labute approximate surface area is 224 Å². The van der Waals surface area contributed by atoms with Crippen LogP contribution in [0.2, 0.25) is 0 Å². The van der Waals surface area contributed by atoms with Crippen LogP contribution in [-0.4, -0.2) is 69.3 Å². The Morgan fingerprint density at radius 3 is 2.37 bits per heavy atom. The van der Waals surface area contributed by atoms with Crippen molar-refractivity contribution in [1.82, 2.24) is 15.5 Å². The molecule has 1 heterocycles. The number of rotatable bonds is 11. The predicted octanol–water partition coefficient (Wildman–Crippen LogP) is 3.38. The van der Waals surface area contributed by atoms with Crippen molar-refractivity contribution in [2.75, 3.05) is 6.54 Å². The largest absolute Gasteiger partial charge is 0.508 e. The number of aliphatic carboxylic acids is 1. The first-order valence-corrected chi connectivity index (χ1v) is 13.0. The maximum Gasteiger partial charge on any atom is 0.408 e. The van der Waals surface area contributed by atoms with Crippen LogP contribution in [-0.2, 0) is 25.5 Å². The second-order valence-electron chi connectivity index (χ2n) is 11.0. The number of carbonyl (C=O) groups excluding carboxylic acids is 3. The Kier molecular flexibility index (Phi) is 11.2. The van der Waals surface area contributed by atoms with E-state index < -0.39 is 35.7 Å². The summed E-state index contributed by atoms with van der Waals surface area (Å²) in [5.41, 5.74) is 0.0252. The lowest BCUT2D eigenvalue weighted by Crippen LogP contribution is -2.51. The number of carboxylic acids is 1. The molecule has 1 aliphatic rings. The number of nitrogens with zero attached hydrogens (tertiary/aromatic N) is 1. The lowest BCUT2D eigenvalue weighted by Gasteiger charge is -2.25. The molecular formula is C28H41N3O7. The third-order valence-electron chi connectivity index (χ3n) is 5.95. The number of carboxylic acid groups (broad SMARTS) is 1. The summed E-state index contributed by atoms with van der Waals surface area (Å²) >= 11 is 0. The van der Waals surface area contributed by atoms with Gasteiger partial charge in [-0.15, -0.1) is 0 Å². The molecule has 3 atom stereocenters. The molecule has 1 fully saturated rings. The molecule has 0 aromatic heterocycles. The third-order valence-corrected chi connectivity index (χ3v) is 5.95. The van der Waals surface area contributed by atoms with Gasteiger partial charge in [0, 0.05) is 19.4 Å². The maximum atomic E-state index is 13.0. The molecule has 2 rings (SSSR count). The molecule has 0 bridgehead atoms. The normalized spacial score (nSPS) is 17.3. The van der Waals surface area contributed by atoms with Gasteiger partial charge in [0.2, 0.25) is 11.8 Å². The van der Waals surface area contributed by atoms with Crippen molar-refractivity contribution in [2.45, 2.75) is 90.4 Å². The molecule has 0 spiro atoms. The summed E-state index contributed by atoms with van der Waals surface area (Å²) in [6, 6.07) is 3.88. The fourth-order valence-corrected chi connectivity index (χ4v) is 4.28. The summed E-state index contributed by atoms with van der Waals surface area (Å²) in [6.07, 6.45) is 4.77. The average molecular weight is 532 g/mol. The second-order valence-corrected chi connectivity index (χ2v) is 11.0. The van der Waals surface area contributed by atoms with Crippen molar-refractivity contribution in [3.05, 3.63) is 42.0 Å². The molecule has 38 heavy (non-hydrogen) atoms. The summed E-state index contributed by atoms with van der Waals surface area (Å²) in [6.45, 7) is 9.82. The van der Waals surface area contributed by atoms with Gasteiger partial charge in [-0.1, -0.05) is 38.1 Å². The van der Waals surface area contributed by atoms with Crippen molar-refractivity contribution in [3.8, 4) is 5.75 Å². The zero-order valence-corrected chi connectivity index (χ0v) is 22.9. The van der Waals surface area contributed by atoms with Crippen molar-refractivity contribution in [3.63, 3.8) is 0 Å². The number of likely N-dealkylation sites (tertiary alicyclic amines) is 1. The van der Waals surface area contributed by atoms with Gasteiger partial charge in [-0.25, -0.2) is 9.59 Å². The number of carbonyl (C=O) groups is 4. The Morgan fingerprint density at radius 1 is 1.13 bits per heavy atom. The highest BCUT2D eigenvalue weighted by atomic mass is 16.6. The quantitative estimate of drug-likeness (QED) is 0.320. The van der Waals surface area contributed by atoms with Gasteiger partial charge in [0.15, 0.2) is 0 Å². The molecule has 0 radical (unpaired) electrons. The van der Waals surface area contributed by atoms with Gasteiger partial charge in [0.1, 0.15) is 23.4 Å². The Morgan fingerprint density at radius 2 is 1.79 bits per heavy atom. The fraction of sp³-hybridized carbons (Fsp3) is 0.571. The minimum atomic E-state index is -1.18. The maximum absolute atomic E-state index is 13.0. The first kappa shape index (κ1) is 30.7. The van der Waals surface area contributed by atoms with Crippen molar-refractivity contribution < 1.29 is 34.1 Å². The lowest BCUT2D eigenvalue weighted by molar-refractivity contribution is -0.143. The van der Waals surface area contributed by atoms with E-state index in [9.17, 15) is 29.4 Å². The van der Waals surface area contributed by atoms with Crippen molar-refractivity contribution in [1.29, 1.82) is 0 Å². The van der Waals surface area contributed by atoms with E-state index in [1.165, 1.54) is 17.0 Å². The Bertz CT molecular complexity index is 999. The highest BCUT2D eigenvalue weighted by Crippen LogP contribution is 2.20. The van der Waals surface area contributed by atoms with Crippen LogP contribution in [0, 0.1) is 5.92 Å². The zero-order chi connectivity index (χ0) is 28.5. The van der Waals surface area contributed by atoms with Crippen LogP contribution in [0.25, 0.3) is 0 Å². The molecule has 4 N–H and O–H groups in total. The van der Waals surface area contributed by atoms with Gasteiger partial charge in [-0.2, -0.15) is 0 Å². The zero-order valence-electron chi connectivity index (χ0n) is 22.9. The number of nitrogens with one attached hydrogen (secondary N) is 2. The first-order chi connectivity index (χ1) is 17.7. The highest BCUT2D eigenvalue weighted by Gasteiger charge is 2.35. The lowest BCUT2D eigenvalue weighted by atomic mass is 10.0. The van der Waals surface area contributed by atoms with Crippen LogP contribution in [0.4, 0.5) is 4.79 Å². The summed E-state index contributed by atoms with van der Waals surface area (Å²) in [5.74, 6) is -1.57. The molecule has 10 nitrogen and oxygen atoms in total. The van der Waals surface area contributed by atoms with Crippen LogP contribution in [0.5, 0.6) is 5.75 Å². The topological polar surface area (TPSA) is 145 Å².